The van der Waals surface area contributed by atoms with Gasteiger partial charge in [-0.1, -0.05) is 52.7 Å². The van der Waals surface area contributed by atoms with E-state index in [2.05, 4.69) is 59.4 Å². The van der Waals surface area contributed by atoms with E-state index in [9.17, 15) is 4.79 Å². The van der Waals surface area contributed by atoms with Crippen LogP contribution in [0.25, 0.3) is 0 Å². The van der Waals surface area contributed by atoms with Crippen molar-refractivity contribution < 1.29 is 9.53 Å². The minimum Gasteiger partial charge on any atom is -0.481 e. The maximum absolute atomic E-state index is 12.4. The Morgan fingerprint density at radius 2 is 1.74 bits per heavy atom. The van der Waals surface area contributed by atoms with Gasteiger partial charge in [-0.15, -0.1) is 0 Å². The van der Waals surface area contributed by atoms with Gasteiger partial charge in [-0.2, -0.15) is 0 Å². The van der Waals surface area contributed by atoms with Gasteiger partial charge in [-0.25, -0.2) is 0 Å². The van der Waals surface area contributed by atoms with Gasteiger partial charge in [0.2, 0.25) is 0 Å². The molecule has 0 radical (unpaired) electrons. The molecular weight excluding hydrogens is 354 g/mol. The molecule has 0 saturated carbocycles. The molecule has 0 aliphatic rings. The number of ether oxygens (including phenoxy) is 1. The summed E-state index contributed by atoms with van der Waals surface area (Å²) in [6.45, 7) is 5.88. The predicted octanol–water partition coefficient (Wildman–Crippen LogP) is 4.79. The van der Waals surface area contributed by atoms with Crippen LogP contribution in [0.4, 0.5) is 0 Å². The Hall–Kier alpha value is -1.81. The highest BCUT2D eigenvalue weighted by atomic mass is 79.9. The van der Waals surface area contributed by atoms with Crippen LogP contribution in [0.5, 0.6) is 5.75 Å². The lowest BCUT2D eigenvalue weighted by Crippen LogP contribution is -2.38. The van der Waals surface area contributed by atoms with Gasteiger partial charge in [0.15, 0.2) is 6.10 Å². The van der Waals surface area contributed by atoms with Crippen LogP contribution in [-0.4, -0.2) is 12.0 Å². The van der Waals surface area contributed by atoms with E-state index in [0.29, 0.717) is 5.75 Å². The highest BCUT2D eigenvalue weighted by Gasteiger charge is 2.19. The molecule has 0 saturated heterocycles. The van der Waals surface area contributed by atoms with Crippen molar-refractivity contribution in [3.05, 3.63) is 64.1 Å². The summed E-state index contributed by atoms with van der Waals surface area (Å²) in [4.78, 5) is 12.4. The lowest BCUT2D eigenvalue weighted by atomic mass is 10.0. The van der Waals surface area contributed by atoms with Crippen LogP contribution in [0.3, 0.4) is 0 Å². The summed E-state index contributed by atoms with van der Waals surface area (Å²) in [7, 11) is 0. The average molecular weight is 376 g/mol. The molecule has 0 heterocycles. The highest BCUT2D eigenvalue weighted by Crippen LogP contribution is 2.19. The lowest BCUT2D eigenvalue weighted by Gasteiger charge is -2.21. The molecule has 1 N–H and O–H groups in total. The standard InChI is InChI=1S/C19H22BrNO2/c1-4-18(15-7-5-13(2)6-8-15)21-19(22)14(3)23-17-11-9-16(20)10-12-17/h5-12,14,18H,4H2,1-3H3,(H,21,22)/t14-,18-/m0/s1. The van der Waals surface area contributed by atoms with Gasteiger partial charge in [0.25, 0.3) is 5.91 Å². The van der Waals surface area contributed by atoms with E-state index in [-0.39, 0.29) is 11.9 Å². The van der Waals surface area contributed by atoms with Crippen molar-refractivity contribution in [3.63, 3.8) is 0 Å². The molecular formula is C19H22BrNO2. The van der Waals surface area contributed by atoms with E-state index in [0.717, 1.165) is 16.5 Å². The van der Waals surface area contributed by atoms with E-state index in [1.807, 2.05) is 24.3 Å². The van der Waals surface area contributed by atoms with E-state index in [1.165, 1.54) is 5.56 Å². The van der Waals surface area contributed by atoms with Gasteiger partial charge in [0.05, 0.1) is 6.04 Å². The average Bonchev–Trinajstić information content (AvgIpc) is 2.55. The van der Waals surface area contributed by atoms with Gasteiger partial charge >= 0.3 is 0 Å². The fourth-order valence-electron chi connectivity index (χ4n) is 2.28. The monoisotopic (exact) mass is 375 g/mol. The maximum Gasteiger partial charge on any atom is 0.261 e. The third-order valence-corrected chi connectivity index (χ3v) is 4.23. The van der Waals surface area contributed by atoms with Gasteiger partial charge < -0.3 is 10.1 Å². The molecule has 0 aromatic heterocycles. The van der Waals surface area contributed by atoms with E-state index in [4.69, 9.17) is 4.74 Å². The molecule has 2 atom stereocenters. The van der Waals surface area contributed by atoms with Gasteiger partial charge in [0.1, 0.15) is 5.75 Å². The van der Waals surface area contributed by atoms with E-state index < -0.39 is 6.10 Å². The highest BCUT2D eigenvalue weighted by molar-refractivity contribution is 9.10. The molecule has 0 aliphatic carbocycles. The fourth-order valence-corrected chi connectivity index (χ4v) is 2.54. The second-order valence-electron chi connectivity index (χ2n) is 5.59. The number of rotatable bonds is 6. The smallest absolute Gasteiger partial charge is 0.261 e. The number of nitrogens with one attached hydrogen (secondary N) is 1. The first-order valence-electron chi connectivity index (χ1n) is 7.78. The molecule has 2 aromatic rings. The van der Waals surface area contributed by atoms with Crippen molar-refractivity contribution in [1.82, 2.24) is 5.32 Å². The first kappa shape index (κ1) is 17.5. The van der Waals surface area contributed by atoms with Crippen LogP contribution < -0.4 is 10.1 Å². The Balaban J connectivity index is 1.98. The minimum absolute atomic E-state index is 0.000863. The molecule has 0 bridgehead atoms. The summed E-state index contributed by atoms with van der Waals surface area (Å²) in [5, 5.41) is 3.06. The topological polar surface area (TPSA) is 38.3 Å². The largest absolute Gasteiger partial charge is 0.481 e. The summed E-state index contributed by atoms with van der Waals surface area (Å²) >= 11 is 3.38. The second kappa shape index (κ2) is 8.16. The summed E-state index contributed by atoms with van der Waals surface area (Å²) in [6, 6.07) is 15.7. The molecule has 122 valence electrons. The molecule has 2 rings (SSSR count). The maximum atomic E-state index is 12.4. The van der Waals surface area contributed by atoms with Crippen LogP contribution in [0.2, 0.25) is 0 Å². The Kier molecular flexibility index (Phi) is 6.22. The van der Waals surface area contributed by atoms with E-state index in [1.54, 1.807) is 6.92 Å². The third kappa shape index (κ3) is 5.10. The zero-order valence-electron chi connectivity index (χ0n) is 13.7. The van der Waals surface area contributed by atoms with Crippen LogP contribution in [0.15, 0.2) is 53.0 Å². The molecule has 1 amide bonds. The van der Waals surface area contributed by atoms with Crippen LogP contribution in [-0.2, 0) is 4.79 Å². The number of hydrogen-bond donors (Lipinski definition) is 1. The quantitative estimate of drug-likeness (QED) is 0.787. The zero-order valence-corrected chi connectivity index (χ0v) is 15.3. The molecule has 0 spiro atoms. The first-order valence-corrected chi connectivity index (χ1v) is 8.58. The summed E-state index contributed by atoms with van der Waals surface area (Å²) < 4.78 is 6.68. The van der Waals surface area contributed by atoms with Crippen molar-refractivity contribution in [2.45, 2.75) is 39.3 Å². The van der Waals surface area contributed by atoms with Gasteiger partial charge in [-0.3, -0.25) is 4.79 Å². The number of amides is 1. The summed E-state index contributed by atoms with van der Waals surface area (Å²) in [5.74, 6) is 0.569. The lowest BCUT2D eigenvalue weighted by molar-refractivity contribution is -0.128. The summed E-state index contributed by atoms with van der Waals surface area (Å²) in [5.41, 5.74) is 2.32. The molecule has 0 aliphatic heterocycles. The minimum atomic E-state index is -0.546. The van der Waals surface area contributed by atoms with Gasteiger partial charge in [-0.05, 0) is 50.1 Å². The van der Waals surface area contributed by atoms with E-state index >= 15 is 0 Å². The zero-order chi connectivity index (χ0) is 16.8. The molecule has 23 heavy (non-hydrogen) atoms. The SMILES string of the molecule is CC[C@H](NC(=O)[C@H](C)Oc1ccc(Br)cc1)c1ccc(C)cc1. The number of carbonyl (C=O) groups excluding carboxylic acids is 1. The number of carbonyl (C=O) groups is 1. The number of hydrogen-bond acceptors (Lipinski definition) is 2. The Labute approximate surface area is 146 Å². The van der Waals surface area contributed by atoms with Crippen LogP contribution in [0.1, 0.15) is 37.4 Å². The predicted molar refractivity (Wildman–Crippen MR) is 96.6 cm³/mol. The molecule has 2 aromatic carbocycles. The van der Waals surface area contributed by atoms with Crippen LogP contribution >= 0.6 is 15.9 Å². The Morgan fingerprint density at radius 3 is 2.30 bits per heavy atom. The normalized spacial score (nSPS) is 13.2. The van der Waals surface area contributed by atoms with Crippen molar-refractivity contribution in [2.24, 2.45) is 0 Å². The second-order valence-corrected chi connectivity index (χ2v) is 6.51. The van der Waals surface area contributed by atoms with Crippen molar-refractivity contribution in [3.8, 4) is 5.75 Å². The molecule has 4 heteroatoms. The number of halogens is 1. The van der Waals surface area contributed by atoms with Crippen molar-refractivity contribution in [2.75, 3.05) is 0 Å². The van der Waals surface area contributed by atoms with Crippen LogP contribution in [0, 0.1) is 6.92 Å². The first-order chi connectivity index (χ1) is 11.0. The van der Waals surface area contributed by atoms with Crippen molar-refractivity contribution >= 4 is 21.8 Å². The molecule has 3 nitrogen and oxygen atoms in total. The Morgan fingerprint density at radius 1 is 1.13 bits per heavy atom. The fraction of sp³-hybridized carbons (Fsp3) is 0.316. The number of aryl methyl sites for hydroxylation is 1. The molecule has 0 fully saturated rings. The third-order valence-electron chi connectivity index (χ3n) is 3.70. The number of benzene rings is 2. The summed E-state index contributed by atoms with van der Waals surface area (Å²) in [6.07, 6.45) is 0.287. The Bertz CT molecular complexity index is 637. The van der Waals surface area contributed by atoms with Crippen molar-refractivity contribution in [1.29, 1.82) is 0 Å². The van der Waals surface area contributed by atoms with Gasteiger partial charge in [0, 0.05) is 4.47 Å². The molecule has 0 unspecified atom stereocenters.